The quantitative estimate of drug-likeness (QED) is 0.683. The van der Waals surface area contributed by atoms with E-state index in [1.807, 2.05) is 0 Å². The number of aliphatic carboxylic acids is 1. The fourth-order valence-electron chi connectivity index (χ4n) is 1.14. The van der Waals surface area contributed by atoms with E-state index >= 15 is 0 Å². The molecule has 8 heteroatoms. The standard InChI is InChI=1S/C10H12N2O5S/c1-6(10(14)15)12-9(13)7-2-4-8(5-3-7)18(11,16)17/h2-6H,1H3,(H,12,13)(H,14,15)(H2,11,16,17). The van der Waals surface area contributed by atoms with Gasteiger partial charge in [-0.05, 0) is 31.2 Å². The molecule has 0 fully saturated rings. The van der Waals surface area contributed by atoms with Gasteiger partial charge in [-0.25, -0.2) is 13.6 Å². The van der Waals surface area contributed by atoms with Crippen molar-refractivity contribution in [2.45, 2.75) is 17.9 Å². The molecule has 0 aliphatic carbocycles. The number of hydrogen-bond acceptors (Lipinski definition) is 4. The van der Waals surface area contributed by atoms with Crippen LogP contribution in [0.4, 0.5) is 0 Å². The van der Waals surface area contributed by atoms with E-state index in [1.165, 1.54) is 31.2 Å². The summed E-state index contributed by atoms with van der Waals surface area (Å²) in [6.45, 7) is 1.32. The van der Waals surface area contributed by atoms with Gasteiger partial charge in [-0.3, -0.25) is 9.59 Å². The molecule has 1 aromatic rings. The average Bonchev–Trinajstić information content (AvgIpc) is 2.27. The zero-order valence-corrected chi connectivity index (χ0v) is 10.3. The van der Waals surface area contributed by atoms with E-state index in [0.717, 1.165) is 0 Å². The summed E-state index contributed by atoms with van der Waals surface area (Å²) in [7, 11) is -3.81. The third-order valence-electron chi connectivity index (χ3n) is 2.16. The largest absolute Gasteiger partial charge is 0.480 e. The summed E-state index contributed by atoms with van der Waals surface area (Å²) in [6, 6.07) is 3.83. The van der Waals surface area contributed by atoms with Gasteiger partial charge >= 0.3 is 5.97 Å². The summed E-state index contributed by atoms with van der Waals surface area (Å²) in [5.41, 5.74) is 0.149. The number of carbonyl (C=O) groups is 2. The first-order valence-corrected chi connectivity index (χ1v) is 6.43. The highest BCUT2D eigenvalue weighted by atomic mass is 32.2. The second-order valence-electron chi connectivity index (χ2n) is 3.60. The third-order valence-corrected chi connectivity index (χ3v) is 3.09. The smallest absolute Gasteiger partial charge is 0.325 e. The molecule has 0 bridgehead atoms. The molecule has 0 aliphatic heterocycles. The van der Waals surface area contributed by atoms with Crippen molar-refractivity contribution in [2.24, 2.45) is 5.14 Å². The van der Waals surface area contributed by atoms with Crippen LogP contribution in [0, 0.1) is 0 Å². The van der Waals surface area contributed by atoms with E-state index < -0.39 is 27.9 Å². The molecule has 18 heavy (non-hydrogen) atoms. The summed E-state index contributed by atoms with van der Waals surface area (Å²) in [6.07, 6.45) is 0. The molecule has 1 aromatic carbocycles. The van der Waals surface area contributed by atoms with E-state index in [4.69, 9.17) is 10.2 Å². The van der Waals surface area contributed by atoms with Crippen molar-refractivity contribution in [3.63, 3.8) is 0 Å². The van der Waals surface area contributed by atoms with Crippen LogP contribution < -0.4 is 10.5 Å². The molecule has 1 atom stereocenters. The Kier molecular flexibility index (Phi) is 4.04. The van der Waals surface area contributed by atoms with Crippen molar-refractivity contribution in [3.8, 4) is 0 Å². The molecular weight excluding hydrogens is 260 g/mol. The maximum atomic E-state index is 11.6. The monoisotopic (exact) mass is 272 g/mol. The van der Waals surface area contributed by atoms with Crippen LogP contribution in [0.1, 0.15) is 17.3 Å². The SMILES string of the molecule is CC(NC(=O)c1ccc(S(N)(=O)=O)cc1)C(=O)O. The molecule has 0 saturated carbocycles. The average molecular weight is 272 g/mol. The molecule has 0 saturated heterocycles. The summed E-state index contributed by atoms with van der Waals surface area (Å²) in [5.74, 6) is -1.77. The van der Waals surface area contributed by atoms with Gasteiger partial charge in [-0.1, -0.05) is 0 Å². The van der Waals surface area contributed by atoms with Crippen LogP contribution in [-0.2, 0) is 14.8 Å². The maximum Gasteiger partial charge on any atom is 0.325 e. The molecule has 0 radical (unpaired) electrons. The molecule has 7 nitrogen and oxygen atoms in total. The molecule has 1 amide bonds. The maximum absolute atomic E-state index is 11.6. The number of carboxylic acid groups (broad SMARTS) is 1. The first kappa shape index (κ1) is 14.1. The summed E-state index contributed by atoms with van der Waals surface area (Å²) >= 11 is 0. The van der Waals surface area contributed by atoms with Gasteiger partial charge in [0, 0.05) is 5.56 Å². The number of carboxylic acids is 1. The predicted molar refractivity (Wildman–Crippen MR) is 62.4 cm³/mol. The normalized spacial score (nSPS) is 12.8. The Morgan fingerprint density at radius 1 is 1.28 bits per heavy atom. The first-order chi connectivity index (χ1) is 8.21. The third kappa shape index (κ3) is 3.54. The van der Waals surface area contributed by atoms with Gasteiger partial charge in [0.1, 0.15) is 6.04 Å². The molecule has 0 aliphatic rings. The Balaban J connectivity index is 2.86. The molecular formula is C10H12N2O5S. The Morgan fingerprint density at radius 3 is 2.17 bits per heavy atom. The van der Waals surface area contributed by atoms with E-state index in [2.05, 4.69) is 5.32 Å². The summed E-state index contributed by atoms with van der Waals surface area (Å²) < 4.78 is 22.0. The number of primary sulfonamides is 1. The Labute approximate surface area is 104 Å². The molecule has 1 unspecified atom stereocenters. The fourth-order valence-corrected chi connectivity index (χ4v) is 1.65. The minimum absolute atomic E-state index is 0.120. The zero-order valence-electron chi connectivity index (χ0n) is 9.45. The molecule has 0 heterocycles. The first-order valence-electron chi connectivity index (χ1n) is 4.88. The Hall–Kier alpha value is -1.93. The van der Waals surface area contributed by atoms with E-state index in [-0.39, 0.29) is 10.5 Å². The van der Waals surface area contributed by atoms with Crippen LogP contribution in [0.3, 0.4) is 0 Å². The van der Waals surface area contributed by atoms with Crippen LogP contribution in [-0.4, -0.2) is 31.4 Å². The van der Waals surface area contributed by atoms with Crippen molar-refractivity contribution in [1.82, 2.24) is 5.32 Å². The minimum Gasteiger partial charge on any atom is -0.480 e. The summed E-state index contributed by atoms with van der Waals surface area (Å²) in [5, 5.41) is 15.8. The fraction of sp³-hybridized carbons (Fsp3) is 0.200. The molecule has 0 aromatic heterocycles. The number of hydrogen-bond donors (Lipinski definition) is 3. The van der Waals surface area contributed by atoms with Crippen LogP contribution >= 0.6 is 0 Å². The number of benzene rings is 1. The van der Waals surface area contributed by atoms with Gasteiger partial charge in [0.2, 0.25) is 10.0 Å². The number of rotatable bonds is 4. The van der Waals surface area contributed by atoms with Gasteiger partial charge < -0.3 is 10.4 Å². The van der Waals surface area contributed by atoms with Gasteiger partial charge in [0.15, 0.2) is 0 Å². The Morgan fingerprint density at radius 2 is 1.78 bits per heavy atom. The molecule has 98 valence electrons. The van der Waals surface area contributed by atoms with E-state index in [9.17, 15) is 18.0 Å². The van der Waals surface area contributed by atoms with E-state index in [1.54, 1.807) is 0 Å². The highest BCUT2D eigenvalue weighted by Crippen LogP contribution is 2.08. The van der Waals surface area contributed by atoms with Crippen molar-refractivity contribution >= 4 is 21.9 Å². The number of sulfonamides is 1. The Bertz CT molecular complexity index is 564. The lowest BCUT2D eigenvalue weighted by molar-refractivity contribution is -0.138. The lowest BCUT2D eigenvalue weighted by Gasteiger charge is -2.09. The highest BCUT2D eigenvalue weighted by Gasteiger charge is 2.15. The number of nitrogens with two attached hydrogens (primary N) is 1. The second-order valence-corrected chi connectivity index (χ2v) is 5.16. The van der Waals surface area contributed by atoms with Crippen molar-refractivity contribution in [2.75, 3.05) is 0 Å². The topological polar surface area (TPSA) is 127 Å². The summed E-state index contributed by atoms with van der Waals surface area (Å²) in [4.78, 5) is 22.0. The van der Waals surface area contributed by atoms with Crippen LogP contribution in [0.25, 0.3) is 0 Å². The van der Waals surface area contributed by atoms with Crippen molar-refractivity contribution in [1.29, 1.82) is 0 Å². The second kappa shape index (κ2) is 5.15. The van der Waals surface area contributed by atoms with Gasteiger partial charge in [0.05, 0.1) is 4.90 Å². The van der Waals surface area contributed by atoms with Crippen LogP contribution in [0.5, 0.6) is 0 Å². The number of carbonyl (C=O) groups excluding carboxylic acids is 1. The van der Waals surface area contributed by atoms with Crippen LogP contribution in [0.2, 0.25) is 0 Å². The predicted octanol–water partition coefficient (Wildman–Crippen LogP) is -0.463. The highest BCUT2D eigenvalue weighted by molar-refractivity contribution is 7.89. The van der Waals surface area contributed by atoms with Crippen LogP contribution in [0.15, 0.2) is 29.2 Å². The van der Waals surface area contributed by atoms with Crippen molar-refractivity contribution in [3.05, 3.63) is 29.8 Å². The molecule has 0 spiro atoms. The molecule has 4 N–H and O–H groups in total. The van der Waals surface area contributed by atoms with Gasteiger partial charge in [0.25, 0.3) is 5.91 Å². The van der Waals surface area contributed by atoms with Gasteiger partial charge in [-0.15, -0.1) is 0 Å². The number of amides is 1. The zero-order chi connectivity index (χ0) is 13.9. The number of nitrogens with one attached hydrogen (secondary N) is 1. The van der Waals surface area contributed by atoms with Crippen molar-refractivity contribution < 1.29 is 23.1 Å². The lowest BCUT2D eigenvalue weighted by atomic mass is 10.2. The lowest BCUT2D eigenvalue weighted by Crippen LogP contribution is -2.38. The minimum atomic E-state index is -3.81. The molecule has 1 rings (SSSR count). The van der Waals surface area contributed by atoms with Gasteiger partial charge in [-0.2, -0.15) is 0 Å². The van der Waals surface area contributed by atoms with E-state index in [0.29, 0.717) is 0 Å².